The molecule has 0 aromatic carbocycles. The molecule has 1 aromatic rings. The predicted octanol–water partition coefficient (Wildman–Crippen LogP) is -1.53. The Morgan fingerprint density at radius 1 is 0.619 bits per heavy atom. The van der Waals surface area contributed by atoms with Gasteiger partial charge < -0.3 is 0 Å². The quantitative estimate of drug-likeness (QED) is 0.569. The van der Waals surface area contributed by atoms with Gasteiger partial charge in [0, 0.05) is 0 Å². The molecule has 0 aliphatic rings. The topological polar surface area (TPSA) is 117 Å². The maximum absolute atomic E-state index is 11.9. The number of hydrogen-bond donors (Lipinski definition) is 0. The van der Waals surface area contributed by atoms with Crippen molar-refractivity contribution in [3.05, 3.63) is 31.5 Å². The van der Waals surface area contributed by atoms with E-state index in [0.717, 1.165) is 0 Å². The molecule has 0 spiro atoms. The van der Waals surface area contributed by atoms with E-state index in [4.69, 9.17) is 34.8 Å². The van der Waals surface area contributed by atoms with Crippen LogP contribution in [0.25, 0.3) is 0 Å². The zero-order chi connectivity index (χ0) is 16.3. The Hall–Kier alpha value is -1.71. The van der Waals surface area contributed by atoms with Gasteiger partial charge in [-0.2, -0.15) is 0 Å². The van der Waals surface area contributed by atoms with Crippen molar-refractivity contribution in [2.24, 2.45) is 0 Å². The molecule has 21 heavy (non-hydrogen) atoms. The Labute approximate surface area is 130 Å². The summed E-state index contributed by atoms with van der Waals surface area (Å²) in [5, 5.41) is -3.21. The van der Waals surface area contributed by atoms with E-state index in [1.54, 1.807) is 0 Å². The van der Waals surface area contributed by atoms with Crippen molar-refractivity contribution in [3.63, 3.8) is 0 Å². The van der Waals surface area contributed by atoms with Gasteiger partial charge in [0.05, 0.1) is 0 Å². The zero-order valence-corrected chi connectivity index (χ0v) is 12.3. The van der Waals surface area contributed by atoms with E-state index in [1.807, 2.05) is 0 Å². The van der Waals surface area contributed by atoms with Gasteiger partial charge in [-0.25, -0.2) is 28.1 Å². The molecule has 0 radical (unpaired) electrons. The second kappa shape index (κ2) is 6.83. The molecule has 0 bridgehead atoms. The van der Waals surface area contributed by atoms with E-state index in [-0.39, 0.29) is 13.7 Å². The molecule has 0 atom stereocenters. The van der Waals surface area contributed by atoms with E-state index in [2.05, 4.69) is 0 Å². The van der Waals surface area contributed by atoms with Gasteiger partial charge in [0.2, 0.25) is 15.7 Å². The van der Waals surface area contributed by atoms with Crippen LogP contribution in [0.2, 0.25) is 0 Å². The summed E-state index contributed by atoms with van der Waals surface area (Å²) < 4.78 is 0.864. The summed E-state index contributed by atoms with van der Waals surface area (Å²) in [6, 6.07) is 0. The van der Waals surface area contributed by atoms with Crippen LogP contribution in [-0.2, 0) is 34.0 Å². The summed E-state index contributed by atoms with van der Waals surface area (Å²) in [6.07, 6.45) is 0. The predicted molar refractivity (Wildman–Crippen MR) is 71.8 cm³/mol. The van der Waals surface area contributed by atoms with Crippen molar-refractivity contribution < 1.29 is 14.4 Å². The maximum Gasteiger partial charge on any atom is 0.337 e. The monoisotopic (exact) mass is 357 g/mol. The summed E-state index contributed by atoms with van der Waals surface area (Å²) in [4.78, 5) is 68.2. The minimum absolute atomic E-state index is 0.288. The van der Waals surface area contributed by atoms with E-state index in [0.29, 0.717) is 0 Å². The number of carbonyl (C=O) groups is 3. The molecule has 0 saturated carbocycles. The van der Waals surface area contributed by atoms with Crippen LogP contribution < -0.4 is 17.1 Å². The fourth-order valence-electron chi connectivity index (χ4n) is 1.46. The van der Waals surface area contributed by atoms with Gasteiger partial charge in [0.25, 0.3) is 0 Å². The summed E-state index contributed by atoms with van der Waals surface area (Å²) >= 11 is 15.3. The van der Waals surface area contributed by atoms with Crippen molar-refractivity contribution in [2.75, 3.05) is 0 Å². The van der Waals surface area contributed by atoms with Gasteiger partial charge in [0.1, 0.15) is 19.6 Å². The number of hydrogen-bond acceptors (Lipinski definition) is 6. The normalized spacial score (nSPS) is 10.4. The summed E-state index contributed by atoms with van der Waals surface area (Å²) in [6.45, 7) is -2.56. The molecule has 1 rings (SSSR count). The smallest absolute Gasteiger partial charge is 0.279 e. The first-order valence-electron chi connectivity index (χ1n) is 5.14. The first-order chi connectivity index (χ1) is 9.65. The Balaban J connectivity index is 3.73. The molecule has 0 N–H and O–H groups in total. The first-order valence-corrected chi connectivity index (χ1v) is 6.28. The molecule has 0 fully saturated rings. The van der Waals surface area contributed by atoms with E-state index in [9.17, 15) is 28.8 Å². The van der Waals surface area contributed by atoms with E-state index < -0.39 is 52.4 Å². The van der Waals surface area contributed by atoms with Crippen LogP contribution in [0.4, 0.5) is 0 Å². The molecule has 1 heterocycles. The molecular formula is C9H6Cl3N3O6. The highest BCUT2D eigenvalue weighted by Crippen LogP contribution is 1.87. The second-order valence-electron chi connectivity index (χ2n) is 3.67. The van der Waals surface area contributed by atoms with Crippen molar-refractivity contribution in [1.29, 1.82) is 0 Å². The molecule has 0 saturated heterocycles. The maximum atomic E-state index is 11.9. The molecule has 0 amide bonds. The van der Waals surface area contributed by atoms with Crippen LogP contribution in [0, 0.1) is 0 Å². The van der Waals surface area contributed by atoms with Gasteiger partial charge in [-0.1, -0.05) is 0 Å². The molecular weight excluding hydrogens is 352 g/mol. The van der Waals surface area contributed by atoms with Gasteiger partial charge in [-0.3, -0.25) is 14.4 Å². The molecule has 12 heteroatoms. The summed E-state index contributed by atoms with van der Waals surface area (Å²) in [7, 11) is 0. The number of aromatic nitrogens is 3. The Bertz CT molecular complexity index is 654. The summed E-state index contributed by atoms with van der Waals surface area (Å²) in [5.41, 5.74) is -3.77. The third-order valence-corrected chi connectivity index (χ3v) is 2.59. The van der Waals surface area contributed by atoms with Gasteiger partial charge >= 0.3 is 17.1 Å². The minimum Gasteiger partial charge on any atom is -0.279 e. The fourth-order valence-corrected chi connectivity index (χ4v) is 1.82. The lowest BCUT2D eigenvalue weighted by molar-refractivity contribution is -0.112. The van der Waals surface area contributed by atoms with Crippen molar-refractivity contribution >= 4 is 50.5 Å². The van der Waals surface area contributed by atoms with Crippen LogP contribution in [0.1, 0.15) is 0 Å². The number of carbonyl (C=O) groups excluding carboxylic acids is 3. The molecule has 114 valence electrons. The van der Waals surface area contributed by atoms with Crippen molar-refractivity contribution in [2.45, 2.75) is 19.6 Å². The number of halogens is 3. The number of nitrogens with zero attached hydrogens (tertiary/aromatic N) is 3. The highest BCUT2D eigenvalue weighted by atomic mass is 35.5. The zero-order valence-electron chi connectivity index (χ0n) is 10.0. The highest BCUT2D eigenvalue weighted by molar-refractivity contribution is 6.64. The van der Waals surface area contributed by atoms with Crippen LogP contribution in [0.15, 0.2) is 14.4 Å². The average Bonchev–Trinajstić information content (AvgIpc) is 2.35. The Morgan fingerprint density at radius 3 is 0.952 bits per heavy atom. The lowest BCUT2D eigenvalue weighted by Gasteiger charge is -2.10. The van der Waals surface area contributed by atoms with Crippen LogP contribution in [0.3, 0.4) is 0 Å². The summed E-state index contributed by atoms with van der Waals surface area (Å²) in [5.74, 6) is 0. The van der Waals surface area contributed by atoms with Crippen molar-refractivity contribution in [3.8, 4) is 0 Å². The third-order valence-electron chi connectivity index (χ3n) is 2.23. The van der Waals surface area contributed by atoms with E-state index in [1.165, 1.54) is 0 Å². The Morgan fingerprint density at radius 2 is 0.810 bits per heavy atom. The molecule has 1 aromatic heterocycles. The SMILES string of the molecule is O=C(Cl)Cn1c(=O)n(CC(=O)Cl)c(=O)n(CC(=O)Cl)c1=O. The van der Waals surface area contributed by atoms with Gasteiger partial charge in [0.15, 0.2) is 0 Å². The highest BCUT2D eigenvalue weighted by Gasteiger charge is 2.19. The van der Waals surface area contributed by atoms with Crippen LogP contribution in [-0.4, -0.2) is 29.4 Å². The molecule has 9 nitrogen and oxygen atoms in total. The lowest BCUT2D eigenvalue weighted by atomic mass is 10.6. The first kappa shape index (κ1) is 17.3. The average molecular weight is 359 g/mol. The molecule has 0 aliphatic heterocycles. The Kier molecular flexibility index (Phi) is 5.64. The molecule has 0 unspecified atom stereocenters. The molecule has 0 aliphatic carbocycles. The number of rotatable bonds is 6. The minimum atomic E-state index is -1.26. The van der Waals surface area contributed by atoms with Crippen LogP contribution >= 0.6 is 34.8 Å². The standard InChI is InChI=1S/C9H6Cl3N3O6/c10-4(16)1-13-7(19)14(2-5(11)17)9(21)15(8(13)20)3-6(12)18/h1-3H2. The third kappa shape index (κ3) is 4.13. The van der Waals surface area contributed by atoms with Gasteiger partial charge in [-0.15, -0.1) is 0 Å². The van der Waals surface area contributed by atoms with Crippen molar-refractivity contribution in [1.82, 2.24) is 13.7 Å². The lowest BCUT2D eigenvalue weighted by Crippen LogP contribution is -2.55. The largest absolute Gasteiger partial charge is 0.337 e. The van der Waals surface area contributed by atoms with Gasteiger partial charge in [-0.05, 0) is 34.8 Å². The van der Waals surface area contributed by atoms with E-state index >= 15 is 0 Å². The fraction of sp³-hybridized carbons (Fsp3) is 0.333. The second-order valence-corrected chi connectivity index (χ2v) is 4.94. The van der Waals surface area contributed by atoms with Crippen LogP contribution in [0.5, 0.6) is 0 Å².